The molecule has 0 aromatic rings. The van der Waals surface area contributed by atoms with Crippen LogP contribution in [0.5, 0.6) is 0 Å². The molecule has 0 spiro atoms. The van der Waals surface area contributed by atoms with E-state index in [0.717, 1.165) is 43.1 Å². The van der Waals surface area contributed by atoms with Gasteiger partial charge in [0.05, 0.1) is 47.0 Å². The first-order valence-corrected chi connectivity index (χ1v) is 11.2. The summed E-state index contributed by atoms with van der Waals surface area (Å²) in [5.74, 6) is 0. The molecular formula is C19H43NO4P+. The number of nitrogens with zero attached hydrogens (tertiary/aromatic N) is 1. The molecular weight excluding hydrogens is 337 g/mol. The first-order chi connectivity index (χ1) is 11.8. The molecule has 0 aromatic heterocycles. The van der Waals surface area contributed by atoms with E-state index in [1.807, 2.05) is 0 Å². The fourth-order valence-corrected chi connectivity index (χ4v) is 3.31. The Kier molecular flexibility index (Phi) is 16.6. The lowest BCUT2D eigenvalue weighted by atomic mass is 10.0. The van der Waals surface area contributed by atoms with Crippen molar-refractivity contribution in [3.63, 3.8) is 0 Å². The predicted octanol–water partition coefficient (Wildman–Crippen LogP) is 4.62. The van der Waals surface area contributed by atoms with E-state index in [1.54, 1.807) is 0 Å². The summed E-state index contributed by atoms with van der Waals surface area (Å²) in [7, 11) is 4.64. The zero-order valence-electron chi connectivity index (χ0n) is 17.1. The monoisotopic (exact) mass is 380 g/mol. The van der Waals surface area contributed by atoms with Gasteiger partial charge in [0.25, 0.3) is 0 Å². The number of rotatable bonds is 18. The maximum absolute atomic E-state index is 9.96. The van der Waals surface area contributed by atoms with Gasteiger partial charge in [-0.15, -0.1) is 0 Å². The van der Waals surface area contributed by atoms with E-state index in [0.29, 0.717) is 13.2 Å². The molecule has 0 saturated carbocycles. The standard InChI is InChI=1S/C19H43NO4P/c1-5-6-7-8-9-10-11-14-19(21)15-12-17-23-25(22)24-18-13-16-20(2,3)4/h19,21-22H,5-18H2,1-4H3/q+1. The summed E-state index contributed by atoms with van der Waals surface area (Å²) in [6, 6.07) is 0. The molecule has 0 fully saturated rings. The van der Waals surface area contributed by atoms with Crippen LogP contribution in [0.4, 0.5) is 0 Å². The topological polar surface area (TPSA) is 58.9 Å². The van der Waals surface area contributed by atoms with Gasteiger partial charge in [-0.05, 0) is 19.3 Å². The van der Waals surface area contributed by atoms with Gasteiger partial charge in [0, 0.05) is 6.42 Å². The Bertz CT molecular complexity index is 287. The van der Waals surface area contributed by atoms with Crippen molar-refractivity contribution in [3.8, 4) is 0 Å². The second-order valence-electron chi connectivity index (χ2n) is 7.98. The van der Waals surface area contributed by atoms with Crippen molar-refractivity contribution in [3.05, 3.63) is 0 Å². The second-order valence-corrected chi connectivity index (χ2v) is 8.97. The Balaban J connectivity index is 3.36. The number of aliphatic hydroxyl groups is 1. The van der Waals surface area contributed by atoms with Crippen LogP contribution in [0.25, 0.3) is 0 Å². The summed E-state index contributed by atoms with van der Waals surface area (Å²) >= 11 is 0. The molecule has 0 aromatic carbocycles. The van der Waals surface area contributed by atoms with Crippen LogP contribution in [0.1, 0.15) is 77.6 Å². The summed E-state index contributed by atoms with van der Waals surface area (Å²) in [6.45, 7) is 4.22. The first kappa shape index (κ1) is 25.2. The smallest absolute Gasteiger partial charge is 0.329 e. The van der Waals surface area contributed by atoms with Crippen LogP contribution >= 0.6 is 8.60 Å². The van der Waals surface area contributed by atoms with Gasteiger partial charge in [-0.3, -0.25) is 0 Å². The average molecular weight is 381 g/mol. The molecule has 0 rings (SSSR count). The molecule has 2 atom stereocenters. The minimum Gasteiger partial charge on any atom is -0.393 e. The number of hydrogen-bond acceptors (Lipinski definition) is 4. The number of hydrogen-bond donors (Lipinski definition) is 2. The molecule has 6 heteroatoms. The minimum atomic E-state index is -1.77. The van der Waals surface area contributed by atoms with Gasteiger partial charge in [0.15, 0.2) is 0 Å². The molecule has 152 valence electrons. The van der Waals surface area contributed by atoms with Gasteiger partial charge in [0.2, 0.25) is 0 Å². The third kappa shape index (κ3) is 20.4. The molecule has 0 aliphatic carbocycles. The molecule has 2 N–H and O–H groups in total. The lowest BCUT2D eigenvalue weighted by molar-refractivity contribution is -0.870. The molecule has 0 radical (unpaired) electrons. The van der Waals surface area contributed by atoms with Crippen LogP contribution in [0.3, 0.4) is 0 Å². The summed E-state index contributed by atoms with van der Waals surface area (Å²) < 4.78 is 11.5. The number of unbranched alkanes of at least 4 members (excludes halogenated alkanes) is 6. The van der Waals surface area contributed by atoms with Gasteiger partial charge >= 0.3 is 8.60 Å². The van der Waals surface area contributed by atoms with E-state index in [9.17, 15) is 10.00 Å². The van der Waals surface area contributed by atoms with E-state index in [2.05, 4.69) is 28.1 Å². The highest BCUT2D eigenvalue weighted by Gasteiger charge is 2.10. The number of aliphatic hydroxyl groups excluding tert-OH is 1. The van der Waals surface area contributed by atoms with Crippen LogP contribution in [0, 0.1) is 0 Å². The third-order valence-corrected chi connectivity index (χ3v) is 5.01. The van der Waals surface area contributed by atoms with E-state index < -0.39 is 8.60 Å². The summed E-state index contributed by atoms with van der Waals surface area (Å²) in [6.07, 6.45) is 12.0. The molecule has 25 heavy (non-hydrogen) atoms. The molecule has 0 amide bonds. The van der Waals surface area contributed by atoms with Gasteiger partial charge in [0.1, 0.15) is 0 Å². The quantitative estimate of drug-likeness (QED) is 0.207. The Morgan fingerprint density at radius 2 is 1.32 bits per heavy atom. The highest BCUT2D eigenvalue weighted by Crippen LogP contribution is 2.33. The van der Waals surface area contributed by atoms with Crippen LogP contribution in [0.15, 0.2) is 0 Å². The Hall–Kier alpha value is 0.230. The van der Waals surface area contributed by atoms with Crippen molar-refractivity contribution in [2.75, 3.05) is 40.9 Å². The van der Waals surface area contributed by atoms with Crippen LogP contribution < -0.4 is 0 Å². The second kappa shape index (κ2) is 16.4. The number of quaternary nitrogens is 1. The maximum atomic E-state index is 9.96. The van der Waals surface area contributed by atoms with Crippen molar-refractivity contribution in [2.45, 2.75) is 83.7 Å². The first-order valence-electron chi connectivity index (χ1n) is 10.1. The summed E-state index contributed by atoms with van der Waals surface area (Å²) in [5.41, 5.74) is 0. The van der Waals surface area contributed by atoms with E-state index >= 15 is 0 Å². The van der Waals surface area contributed by atoms with Crippen molar-refractivity contribution < 1.29 is 23.5 Å². The zero-order chi connectivity index (χ0) is 19.0. The molecule has 0 bridgehead atoms. The molecule has 0 aliphatic heterocycles. The van der Waals surface area contributed by atoms with Gasteiger partial charge < -0.3 is 23.5 Å². The molecule has 0 heterocycles. The largest absolute Gasteiger partial charge is 0.393 e. The fraction of sp³-hybridized carbons (Fsp3) is 1.00. The van der Waals surface area contributed by atoms with Gasteiger partial charge in [-0.1, -0.05) is 51.9 Å². The maximum Gasteiger partial charge on any atom is 0.329 e. The van der Waals surface area contributed by atoms with E-state index in [4.69, 9.17) is 9.05 Å². The molecule has 0 saturated heterocycles. The molecule has 0 aliphatic rings. The fourth-order valence-electron chi connectivity index (χ4n) is 2.66. The van der Waals surface area contributed by atoms with Crippen molar-refractivity contribution >= 4 is 8.60 Å². The Labute approximate surface area is 157 Å². The van der Waals surface area contributed by atoms with Gasteiger partial charge in [-0.25, -0.2) is 0 Å². The van der Waals surface area contributed by atoms with Crippen molar-refractivity contribution in [1.82, 2.24) is 0 Å². The lowest BCUT2D eigenvalue weighted by Gasteiger charge is -2.23. The van der Waals surface area contributed by atoms with E-state index in [1.165, 1.54) is 38.5 Å². The molecule has 2 unspecified atom stereocenters. The summed E-state index contributed by atoms with van der Waals surface area (Å²) in [5, 5.41) is 9.96. The zero-order valence-corrected chi connectivity index (χ0v) is 18.0. The summed E-state index contributed by atoms with van der Waals surface area (Å²) in [4.78, 5) is 9.66. The van der Waals surface area contributed by atoms with Crippen molar-refractivity contribution in [1.29, 1.82) is 0 Å². The molecule has 5 nitrogen and oxygen atoms in total. The van der Waals surface area contributed by atoms with Crippen LogP contribution in [-0.2, 0) is 9.05 Å². The lowest BCUT2D eigenvalue weighted by Crippen LogP contribution is -2.35. The highest BCUT2D eigenvalue weighted by molar-refractivity contribution is 7.40. The van der Waals surface area contributed by atoms with Crippen molar-refractivity contribution in [2.24, 2.45) is 0 Å². The Morgan fingerprint density at radius 3 is 1.92 bits per heavy atom. The minimum absolute atomic E-state index is 0.241. The third-order valence-electron chi connectivity index (χ3n) is 4.20. The van der Waals surface area contributed by atoms with E-state index in [-0.39, 0.29) is 6.10 Å². The Morgan fingerprint density at radius 1 is 0.800 bits per heavy atom. The predicted molar refractivity (Wildman–Crippen MR) is 106 cm³/mol. The van der Waals surface area contributed by atoms with Gasteiger partial charge in [-0.2, -0.15) is 0 Å². The SMILES string of the molecule is CCCCCCCCCC(O)CCCOP(O)OCCC[N+](C)(C)C. The normalized spacial score (nSPS) is 14.6. The highest BCUT2D eigenvalue weighted by atomic mass is 31.2. The van der Waals surface area contributed by atoms with Crippen LogP contribution in [-0.4, -0.2) is 61.5 Å². The van der Waals surface area contributed by atoms with Crippen LogP contribution in [0.2, 0.25) is 0 Å². The average Bonchev–Trinajstić information content (AvgIpc) is 2.54.